The van der Waals surface area contributed by atoms with Gasteiger partial charge in [0, 0.05) is 27.8 Å². The van der Waals surface area contributed by atoms with E-state index in [1.165, 1.54) is 11.3 Å². The highest BCUT2D eigenvalue weighted by atomic mass is 35.5. The lowest BCUT2D eigenvalue weighted by molar-refractivity contribution is -0.152. The van der Waals surface area contributed by atoms with E-state index in [0.717, 1.165) is 4.88 Å². The minimum absolute atomic E-state index is 0.0455. The van der Waals surface area contributed by atoms with E-state index in [2.05, 4.69) is 0 Å². The molecule has 1 aliphatic heterocycles. The van der Waals surface area contributed by atoms with Gasteiger partial charge in [0.05, 0.1) is 34.8 Å². The molecule has 0 fully saturated rings. The number of hydrogen-bond donors (Lipinski definition) is 1. The summed E-state index contributed by atoms with van der Waals surface area (Å²) in [7, 11) is 0. The highest BCUT2D eigenvalue weighted by Crippen LogP contribution is 2.53. The van der Waals surface area contributed by atoms with E-state index >= 15 is 0 Å². The Hall–Kier alpha value is -3.59. The molecule has 0 saturated heterocycles. The van der Waals surface area contributed by atoms with Gasteiger partial charge in [0.15, 0.2) is 5.78 Å². The van der Waals surface area contributed by atoms with Gasteiger partial charge in [-0.05, 0) is 55.5 Å². The Bertz CT molecular complexity index is 1550. The number of thiophene rings is 1. The van der Waals surface area contributed by atoms with Crippen LogP contribution in [-0.2, 0) is 23.9 Å². The summed E-state index contributed by atoms with van der Waals surface area (Å²) < 4.78 is 10.9. The van der Waals surface area contributed by atoms with Crippen molar-refractivity contribution in [1.82, 2.24) is 0 Å². The Labute approximate surface area is 252 Å². The summed E-state index contributed by atoms with van der Waals surface area (Å²) in [6.45, 7) is 3.59. The van der Waals surface area contributed by atoms with Gasteiger partial charge in [-0.1, -0.05) is 59.6 Å². The minimum Gasteiger partial charge on any atom is -0.465 e. The van der Waals surface area contributed by atoms with E-state index in [1.807, 2.05) is 47.8 Å². The molecule has 3 unspecified atom stereocenters. The number of ketones is 1. The van der Waals surface area contributed by atoms with Gasteiger partial charge >= 0.3 is 11.9 Å². The van der Waals surface area contributed by atoms with Crippen molar-refractivity contribution in [3.8, 4) is 0 Å². The zero-order chi connectivity index (χ0) is 29.3. The molecule has 10 heteroatoms. The maximum Gasteiger partial charge on any atom is 0.338 e. The zero-order valence-electron chi connectivity index (χ0n) is 22.4. The molecule has 1 aliphatic carbocycles. The second-order valence-electron chi connectivity index (χ2n) is 9.55. The first-order valence-electron chi connectivity index (χ1n) is 13.2. The number of nitrogens with two attached hydrogens (primary N) is 1. The number of halogens is 2. The lowest BCUT2D eigenvalue weighted by atomic mass is 9.68. The molecule has 41 heavy (non-hydrogen) atoms. The standard InChI is InChI=1S/C31H28Cl2N2O5S/c1-3-39-30(37)24-19(22-14-9-15-41-22)16-21-25(28(24)36)23(18-12-8-13-20(32)27(18)33)26(31(38)40-4-2)29(34)35(21)17-10-6-5-7-11-17/h5-15,19,23-24H,3-4,16,34H2,1-2H3. The fraction of sp³-hybridized carbons (Fsp3) is 0.258. The number of hydrogen-bond acceptors (Lipinski definition) is 8. The largest absolute Gasteiger partial charge is 0.465 e. The number of Topliss-reactive ketones (excluding diaryl/α,β-unsaturated/α-hetero) is 1. The zero-order valence-corrected chi connectivity index (χ0v) is 24.8. The van der Waals surface area contributed by atoms with Gasteiger partial charge in [-0.25, -0.2) is 4.79 Å². The predicted octanol–water partition coefficient (Wildman–Crippen LogP) is 6.58. The topological polar surface area (TPSA) is 98.9 Å². The summed E-state index contributed by atoms with van der Waals surface area (Å²) in [5.41, 5.74) is 8.78. The third-order valence-electron chi connectivity index (χ3n) is 7.29. The van der Waals surface area contributed by atoms with Crippen molar-refractivity contribution >= 4 is 57.9 Å². The van der Waals surface area contributed by atoms with Crippen molar-refractivity contribution < 1.29 is 23.9 Å². The van der Waals surface area contributed by atoms with Crippen LogP contribution in [0.25, 0.3) is 0 Å². The SMILES string of the molecule is CCOC(=O)C1=C(N)N(c2ccccc2)C2=C(C(=O)C(C(=O)OCC)C(c3cccs3)C2)C1c1cccc(Cl)c1Cl. The minimum atomic E-state index is -1.13. The Morgan fingerprint density at radius 1 is 1.00 bits per heavy atom. The molecule has 1 aromatic heterocycles. The molecule has 212 valence electrons. The Kier molecular flexibility index (Phi) is 8.54. The quantitative estimate of drug-likeness (QED) is 0.238. The van der Waals surface area contributed by atoms with Gasteiger partial charge in [0.1, 0.15) is 11.7 Å². The van der Waals surface area contributed by atoms with Crippen LogP contribution in [0.15, 0.2) is 88.7 Å². The Morgan fingerprint density at radius 2 is 1.73 bits per heavy atom. The van der Waals surface area contributed by atoms with Crippen LogP contribution in [0.5, 0.6) is 0 Å². The van der Waals surface area contributed by atoms with Crippen LogP contribution in [-0.4, -0.2) is 30.9 Å². The number of anilines is 1. The van der Waals surface area contributed by atoms with Crippen LogP contribution < -0.4 is 10.6 Å². The molecule has 5 rings (SSSR count). The van der Waals surface area contributed by atoms with E-state index in [-0.39, 0.29) is 46.6 Å². The lowest BCUT2D eigenvalue weighted by Crippen LogP contribution is -2.46. The molecule has 2 aliphatic rings. The van der Waals surface area contributed by atoms with E-state index in [9.17, 15) is 14.4 Å². The van der Waals surface area contributed by atoms with Gasteiger partial charge < -0.3 is 15.2 Å². The molecule has 3 aromatic rings. The van der Waals surface area contributed by atoms with Gasteiger partial charge in [-0.3, -0.25) is 14.5 Å². The first kappa shape index (κ1) is 28.9. The molecule has 0 saturated carbocycles. The second-order valence-corrected chi connectivity index (χ2v) is 11.3. The summed E-state index contributed by atoms with van der Waals surface area (Å²) in [4.78, 5) is 44.4. The van der Waals surface area contributed by atoms with Crippen LogP contribution in [0, 0.1) is 5.92 Å². The van der Waals surface area contributed by atoms with Crippen molar-refractivity contribution in [1.29, 1.82) is 0 Å². The summed E-state index contributed by atoms with van der Waals surface area (Å²) in [6, 6.07) is 18.0. The van der Waals surface area contributed by atoms with Crippen molar-refractivity contribution in [2.24, 2.45) is 11.7 Å². The summed E-state index contributed by atoms with van der Waals surface area (Å²) in [5, 5.41) is 2.33. The molecule has 3 atom stereocenters. The smallest absolute Gasteiger partial charge is 0.338 e. The molecular weight excluding hydrogens is 583 g/mol. The van der Waals surface area contributed by atoms with E-state index < -0.39 is 35.5 Å². The molecule has 0 radical (unpaired) electrons. The van der Waals surface area contributed by atoms with Crippen molar-refractivity contribution in [3.05, 3.63) is 109 Å². The fourth-order valence-electron chi connectivity index (χ4n) is 5.64. The second kappa shape index (κ2) is 12.1. The molecule has 0 spiro atoms. The predicted molar refractivity (Wildman–Crippen MR) is 160 cm³/mol. The summed E-state index contributed by atoms with van der Waals surface area (Å²) >= 11 is 14.6. The van der Waals surface area contributed by atoms with Crippen molar-refractivity contribution in [2.45, 2.75) is 32.1 Å². The fourth-order valence-corrected chi connectivity index (χ4v) is 6.92. The third-order valence-corrected chi connectivity index (χ3v) is 9.13. The van der Waals surface area contributed by atoms with Crippen LogP contribution >= 0.6 is 34.5 Å². The average molecular weight is 612 g/mol. The number of carbonyl (C=O) groups is 3. The first-order chi connectivity index (χ1) is 19.8. The highest BCUT2D eigenvalue weighted by Gasteiger charge is 2.52. The molecule has 7 nitrogen and oxygen atoms in total. The lowest BCUT2D eigenvalue weighted by Gasteiger charge is -2.44. The third kappa shape index (κ3) is 5.16. The number of carbonyl (C=O) groups excluding carboxylic acids is 3. The maximum atomic E-state index is 14.7. The van der Waals surface area contributed by atoms with Gasteiger partial charge in [0.2, 0.25) is 0 Å². The molecule has 2 aromatic carbocycles. The summed E-state index contributed by atoms with van der Waals surface area (Å²) in [6.07, 6.45) is 0.283. The van der Waals surface area contributed by atoms with Crippen LogP contribution in [0.2, 0.25) is 10.0 Å². The monoisotopic (exact) mass is 610 g/mol. The van der Waals surface area contributed by atoms with Crippen LogP contribution in [0.4, 0.5) is 5.69 Å². The van der Waals surface area contributed by atoms with Gasteiger partial charge in [-0.2, -0.15) is 0 Å². The van der Waals surface area contributed by atoms with Crippen molar-refractivity contribution in [2.75, 3.05) is 18.1 Å². The number of esters is 2. The maximum absolute atomic E-state index is 14.7. The van der Waals surface area contributed by atoms with Crippen LogP contribution in [0.1, 0.15) is 42.5 Å². The number of benzene rings is 2. The Balaban J connectivity index is 1.84. The normalized spacial score (nSPS) is 20.6. The molecular formula is C31H28Cl2N2O5S. The highest BCUT2D eigenvalue weighted by molar-refractivity contribution is 7.10. The first-order valence-corrected chi connectivity index (χ1v) is 14.9. The molecule has 0 amide bonds. The van der Waals surface area contributed by atoms with E-state index in [4.69, 9.17) is 38.4 Å². The average Bonchev–Trinajstić information content (AvgIpc) is 3.49. The number of nitrogens with zero attached hydrogens (tertiary/aromatic N) is 1. The number of para-hydroxylation sites is 1. The van der Waals surface area contributed by atoms with Gasteiger partial charge in [-0.15, -0.1) is 11.3 Å². The summed E-state index contributed by atoms with van der Waals surface area (Å²) in [5.74, 6) is -4.32. The number of allylic oxidation sites excluding steroid dienone is 2. The van der Waals surface area contributed by atoms with E-state index in [1.54, 1.807) is 36.9 Å². The van der Waals surface area contributed by atoms with Gasteiger partial charge in [0.25, 0.3) is 0 Å². The Morgan fingerprint density at radius 3 is 2.39 bits per heavy atom. The number of ether oxygens (including phenoxy) is 2. The van der Waals surface area contributed by atoms with Crippen LogP contribution in [0.3, 0.4) is 0 Å². The molecule has 2 heterocycles. The number of rotatable bonds is 7. The molecule has 0 bridgehead atoms. The van der Waals surface area contributed by atoms with E-state index in [0.29, 0.717) is 16.9 Å². The molecule has 2 N–H and O–H groups in total. The van der Waals surface area contributed by atoms with Crippen molar-refractivity contribution in [3.63, 3.8) is 0 Å².